The zero-order valence-corrected chi connectivity index (χ0v) is 10.8. The van der Waals surface area contributed by atoms with Crippen molar-refractivity contribution in [2.45, 2.75) is 57.9 Å². The van der Waals surface area contributed by atoms with E-state index in [-0.39, 0.29) is 0 Å². The molecule has 1 fully saturated rings. The zero-order valence-electron chi connectivity index (χ0n) is 10.8. The summed E-state index contributed by atoms with van der Waals surface area (Å²) in [4.78, 5) is 0. The maximum atomic E-state index is 5.20. The predicted molar refractivity (Wildman–Crippen MR) is 68.9 cm³/mol. The van der Waals surface area contributed by atoms with E-state index in [0.717, 1.165) is 19.6 Å². The third-order valence-electron chi connectivity index (χ3n) is 3.12. The maximum Gasteiger partial charge on any atom is 0.0704 e. The van der Waals surface area contributed by atoms with Gasteiger partial charge in [-0.3, -0.25) is 5.01 Å². The highest BCUT2D eigenvalue weighted by molar-refractivity contribution is 5.56. The van der Waals surface area contributed by atoms with Gasteiger partial charge in [0, 0.05) is 19.9 Å². The lowest BCUT2D eigenvalue weighted by atomic mass is 10.2. The monoisotopic (exact) mass is 226 g/mol. The minimum absolute atomic E-state index is 0.511. The Morgan fingerprint density at radius 3 is 3.00 bits per heavy atom. The molecule has 16 heavy (non-hydrogen) atoms. The van der Waals surface area contributed by atoms with Crippen LogP contribution < -0.4 is 0 Å². The molecule has 0 radical (unpaired) electrons. The van der Waals surface area contributed by atoms with Crippen LogP contribution in [-0.4, -0.2) is 37.5 Å². The molecule has 0 spiro atoms. The number of rotatable bonds is 8. The summed E-state index contributed by atoms with van der Waals surface area (Å²) in [6.45, 7) is 4.15. The largest absolute Gasteiger partial charge is 0.382 e. The molecule has 0 aliphatic carbocycles. The third kappa shape index (κ3) is 4.97. The molecule has 1 atom stereocenters. The lowest BCUT2D eigenvalue weighted by Gasteiger charge is -2.20. The van der Waals surface area contributed by atoms with Gasteiger partial charge in [0.2, 0.25) is 0 Å². The van der Waals surface area contributed by atoms with Crippen LogP contribution >= 0.6 is 0 Å². The van der Waals surface area contributed by atoms with Gasteiger partial charge < -0.3 is 4.74 Å². The second kappa shape index (κ2) is 8.57. The third-order valence-corrected chi connectivity index (χ3v) is 3.12. The summed E-state index contributed by atoms with van der Waals surface area (Å²) in [7, 11) is 1.77. The molecule has 94 valence electrons. The minimum Gasteiger partial charge on any atom is -0.382 e. The number of unbranched alkanes of at least 4 members (excludes halogenated alkanes) is 4. The van der Waals surface area contributed by atoms with E-state index in [2.05, 4.69) is 23.2 Å². The van der Waals surface area contributed by atoms with Gasteiger partial charge in [-0.25, -0.2) is 0 Å². The Kier molecular flexibility index (Phi) is 7.23. The minimum atomic E-state index is 0.511. The molecule has 0 amide bonds. The molecule has 0 aromatic rings. The van der Waals surface area contributed by atoms with Crippen LogP contribution in [0.2, 0.25) is 0 Å². The van der Waals surface area contributed by atoms with Crippen molar-refractivity contribution in [3.05, 3.63) is 0 Å². The number of ether oxygens (including phenoxy) is 1. The first-order valence-corrected chi connectivity index (χ1v) is 6.66. The van der Waals surface area contributed by atoms with Crippen molar-refractivity contribution < 1.29 is 4.74 Å². The highest BCUT2D eigenvalue weighted by Gasteiger charge is 2.22. The predicted octanol–water partition coefficient (Wildman–Crippen LogP) is 3.05. The first-order valence-electron chi connectivity index (χ1n) is 6.66. The maximum absolute atomic E-state index is 5.20. The SMILES string of the molecule is CCCCCC/C=N/N1CCC[C@H]1COC. The van der Waals surface area contributed by atoms with E-state index in [1.54, 1.807) is 7.11 Å². The van der Waals surface area contributed by atoms with Gasteiger partial charge in [0.1, 0.15) is 0 Å². The van der Waals surface area contributed by atoms with E-state index in [9.17, 15) is 0 Å². The highest BCUT2D eigenvalue weighted by Crippen LogP contribution is 2.17. The molecule has 0 aromatic carbocycles. The molecule has 1 aliphatic heterocycles. The van der Waals surface area contributed by atoms with Gasteiger partial charge in [-0.2, -0.15) is 5.10 Å². The average molecular weight is 226 g/mol. The normalized spacial score (nSPS) is 21.1. The smallest absolute Gasteiger partial charge is 0.0704 e. The van der Waals surface area contributed by atoms with E-state index in [4.69, 9.17) is 4.74 Å². The summed E-state index contributed by atoms with van der Waals surface area (Å²) in [5, 5.41) is 6.75. The van der Waals surface area contributed by atoms with Crippen LogP contribution in [0.1, 0.15) is 51.9 Å². The number of hydrogen-bond acceptors (Lipinski definition) is 3. The van der Waals surface area contributed by atoms with Crippen molar-refractivity contribution in [2.24, 2.45) is 5.10 Å². The van der Waals surface area contributed by atoms with E-state index < -0.39 is 0 Å². The molecular formula is C13H26N2O. The van der Waals surface area contributed by atoms with Crippen molar-refractivity contribution in [1.82, 2.24) is 5.01 Å². The second-order valence-electron chi connectivity index (χ2n) is 4.56. The molecule has 0 saturated carbocycles. The van der Waals surface area contributed by atoms with Crippen LogP contribution in [-0.2, 0) is 4.74 Å². The summed E-state index contributed by atoms with van der Waals surface area (Å²) in [6, 6.07) is 0.511. The lowest BCUT2D eigenvalue weighted by Crippen LogP contribution is -2.28. The molecule has 3 heteroatoms. The van der Waals surface area contributed by atoms with Crippen molar-refractivity contribution in [1.29, 1.82) is 0 Å². The number of methoxy groups -OCH3 is 1. The molecular weight excluding hydrogens is 200 g/mol. The Bertz CT molecular complexity index is 194. The van der Waals surface area contributed by atoms with Gasteiger partial charge in [0.25, 0.3) is 0 Å². The van der Waals surface area contributed by atoms with Crippen LogP contribution in [0.4, 0.5) is 0 Å². The summed E-state index contributed by atoms with van der Waals surface area (Å²) < 4.78 is 5.20. The van der Waals surface area contributed by atoms with Gasteiger partial charge >= 0.3 is 0 Å². The fourth-order valence-corrected chi connectivity index (χ4v) is 2.16. The first kappa shape index (κ1) is 13.5. The van der Waals surface area contributed by atoms with Crippen molar-refractivity contribution >= 4 is 6.21 Å². The van der Waals surface area contributed by atoms with Crippen molar-refractivity contribution in [3.8, 4) is 0 Å². The summed E-state index contributed by atoms with van der Waals surface area (Å²) in [6.07, 6.45) is 11.0. The summed E-state index contributed by atoms with van der Waals surface area (Å²) in [5.41, 5.74) is 0. The second-order valence-corrected chi connectivity index (χ2v) is 4.56. The fourth-order valence-electron chi connectivity index (χ4n) is 2.16. The Morgan fingerprint density at radius 2 is 2.25 bits per heavy atom. The van der Waals surface area contributed by atoms with Crippen LogP contribution in [0.15, 0.2) is 5.10 Å². The van der Waals surface area contributed by atoms with Crippen LogP contribution in [0.5, 0.6) is 0 Å². The zero-order chi connectivity index (χ0) is 11.6. The Morgan fingerprint density at radius 1 is 1.38 bits per heavy atom. The number of hydrazone groups is 1. The lowest BCUT2D eigenvalue weighted by molar-refractivity contribution is 0.118. The Hall–Kier alpha value is -0.570. The topological polar surface area (TPSA) is 24.8 Å². The molecule has 0 aromatic heterocycles. The molecule has 0 unspecified atom stereocenters. The standard InChI is InChI=1S/C13H26N2O/c1-3-4-5-6-7-10-14-15-11-8-9-13(15)12-16-2/h10,13H,3-9,11-12H2,1-2H3/b14-10+/t13-/m0/s1. The van der Waals surface area contributed by atoms with Crippen molar-refractivity contribution in [2.75, 3.05) is 20.3 Å². The van der Waals surface area contributed by atoms with Crippen molar-refractivity contribution in [3.63, 3.8) is 0 Å². The molecule has 0 N–H and O–H groups in total. The molecule has 0 bridgehead atoms. The molecule has 1 saturated heterocycles. The Balaban J connectivity index is 2.12. The van der Waals surface area contributed by atoms with Gasteiger partial charge in [-0.1, -0.05) is 26.2 Å². The van der Waals surface area contributed by atoms with Gasteiger partial charge in [0.05, 0.1) is 12.6 Å². The number of nitrogens with zero attached hydrogens (tertiary/aromatic N) is 2. The number of hydrogen-bond donors (Lipinski definition) is 0. The van der Waals surface area contributed by atoms with E-state index in [1.165, 1.54) is 38.5 Å². The van der Waals surface area contributed by atoms with E-state index in [1.807, 2.05) is 0 Å². The Labute approximate surface area is 99.9 Å². The molecule has 1 aliphatic rings. The molecule has 3 nitrogen and oxygen atoms in total. The van der Waals surface area contributed by atoms with Gasteiger partial charge in [0.15, 0.2) is 0 Å². The average Bonchev–Trinajstić information content (AvgIpc) is 2.72. The fraction of sp³-hybridized carbons (Fsp3) is 0.923. The summed E-state index contributed by atoms with van der Waals surface area (Å²) in [5.74, 6) is 0. The van der Waals surface area contributed by atoms with Crippen LogP contribution in [0.25, 0.3) is 0 Å². The van der Waals surface area contributed by atoms with Gasteiger partial charge in [-0.15, -0.1) is 0 Å². The first-order chi connectivity index (χ1) is 7.88. The van der Waals surface area contributed by atoms with E-state index in [0.29, 0.717) is 6.04 Å². The molecule has 1 heterocycles. The quantitative estimate of drug-likeness (QED) is 0.469. The molecule has 1 rings (SSSR count). The summed E-state index contributed by atoms with van der Waals surface area (Å²) >= 11 is 0. The highest BCUT2D eigenvalue weighted by atomic mass is 16.5. The van der Waals surface area contributed by atoms with E-state index >= 15 is 0 Å². The van der Waals surface area contributed by atoms with Gasteiger partial charge in [-0.05, 0) is 25.7 Å². The van der Waals surface area contributed by atoms with Crippen LogP contribution in [0, 0.1) is 0 Å². The van der Waals surface area contributed by atoms with Crippen LogP contribution in [0.3, 0.4) is 0 Å².